The van der Waals surface area contributed by atoms with Crippen LogP contribution in [0.2, 0.25) is 0 Å². The van der Waals surface area contributed by atoms with E-state index in [-0.39, 0.29) is 11.7 Å². The molecule has 0 aliphatic carbocycles. The van der Waals surface area contributed by atoms with Crippen molar-refractivity contribution in [2.75, 3.05) is 50.7 Å². The molecule has 27 heavy (non-hydrogen) atoms. The maximum Gasteiger partial charge on any atom is 0.253 e. The molecule has 2 aromatic rings. The van der Waals surface area contributed by atoms with Gasteiger partial charge < -0.3 is 25.0 Å². The molecule has 0 unspecified atom stereocenters. The summed E-state index contributed by atoms with van der Waals surface area (Å²) in [6.07, 6.45) is 0. The Morgan fingerprint density at radius 2 is 2.00 bits per heavy atom. The summed E-state index contributed by atoms with van der Waals surface area (Å²) in [6.45, 7) is 3.24. The Balaban J connectivity index is 1.77. The van der Waals surface area contributed by atoms with Crippen LogP contribution in [0.1, 0.15) is 15.9 Å². The summed E-state index contributed by atoms with van der Waals surface area (Å²) in [4.78, 5) is 14.5. The molecule has 144 valence electrons. The van der Waals surface area contributed by atoms with Gasteiger partial charge in [0.25, 0.3) is 5.91 Å². The Labute approximate surface area is 158 Å². The van der Waals surface area contributed by atoms with E-state index in [2.05, 4.69) is 15.5 Å². The Morgan fingerprint density at radius 1 is 1.22 bits per heavy atom. The van der Waals surface area contributed by atoms with E-state index in [0.29, 0.717) is 25.3 Å². The highest BCUT2D eigenvalue weighted by molar-refractivity contribution is 6.00. The molecule has 1 aliphatic heterocycles. The second-order valence-corrected chi connectivity index (χ2v) is 6.23. The molecular weight excluding hydrogens is 349 g/mol. The van der Waals surface area contributed by atoms with E-state index in [1.54, 1.807) is 19.2 Å². The summed E-state index contributed by atoms with van der Waals surface area (Å²) in [5, 5.41) is 5.94. The van der Waals surface area contributed by atoms with Gasteiger partial charge in [0, 0.05) is 38.1 Å². The predicted octanol–water partition coefficient (Wildman–Crippen LogP) is 2.64. The molecule has 0 spiro atoms. The zero-order chi connectivity index (χ0) is 19.2. The van der Waals surface area contributed by atoms with E-state index in [1.165, 1.54) is 13.2 Å². The summed E-state index contributed by atoms with van der Waals surface area (Å²) in [6, 6.07) is 10.5. The highest BCUT2D eigenvalue weighted by Gasteiger charge is 2.18. The van der Waals surface area contributed by atoms with Crippen molar-refractivity contribution in [1.82, 2.24) is 5.32 Å². The van der Waals surface area contributed by atoms with Gasteiger partial charge in [-0.1, -0.05) is 6.07 Å². The molecule has 2 aromatic carbocycles. The summed E-state index contributed by atoms with van der Waals surface area (Å²) in [5.41, 5.74) is 3.07. The van der Waals surface area contributed by atoms with Crippen molar-refractivity contribution in [3.8, 4) is 5.75 Å². The first-order valence-corrected chi connectivity index (χ1v) is 8.87. The van der Waals surface area contributed by atoms with Crippen molar-refractivity contribution in [1.29, 1.82) is 0 Å². The molecule has 1 aliphatic rings. The Morgan fingerprint density at radius 3 is 2.67 bits per heavy atom. The Bertz CT molecular complexity index is 807. The third-order valence-electron chi connectivity index (χ3n) is 4.53. The number of hydrogen-bond donors (Lipinski definition) is 2. The summed E-state index contributed by atoms with van der Waals surface area (Å²) >= 11 is 0. The van der Waals surface area contributed by atoms with Gasteiger partial charge in [0.05, 0.1) is 25.9 Å². The lowest BCUT2D eigenvalue weighted by Crippen LogP contribution is -2.37. The lowest BCUT2D eigenvalue weighted by molar-refractivity contribution is 0.0961. The summed E-state index contributed by atoms with van der Waals surface area (Å²) < 4.78 is 24.2. The minimum absolute atomic E-state index is 0.143. The maximum atomic E-state index is 13.8. The number of benzene rings is 2. The molecule has 2 N–H and O–H groups in total. The number of hydrogen-bond acceptors (Lipinski definition) is 5. The molecule has 6 nitrogen and oxygen atoms in total. The molecule has 0 atom stereocenters. The van der Waals surface area contributed by atoms with Gasteiger partial charge in [-0.15, -0.1) is 0 Å². The number of anilines is 2. The molecule has 7 heteroatoms. The average molecular weight is 373 g/mol. The Hall–Kier alpha value is -2.80. The third-order valence-corrected chi connectivity index (χ3v) is 4.53. The first-order chi connectivity index (χ1) is 13.1. The lowest BCUT2D eigenvalue weighted by atomic mass is 10.1. The van der Waals surface area contributed by atoms with Gasteiger partial charge in [-0.25, -0.2) is 4.39 Å². The van der Waals surface area contributed by atoms with Crippen LogP contribution in [0.3, 0.4) is 0 Å². The van der Waals surface area contributed by atoms with Crippen LogP contribution < -0.4 is 20.3 Å². The number of methoxy groups -OCH3 is 1. The van der Waals surface area contributed by atoms with E-state index in [4.69, 9.17) is 9.47 Å². The van der Waals surface area contributed by atoms with Gasteiger partial charge in [-0.2, -0.15) is 0 Å². The van der Waals surface area contributed by atoms with Crippen molar-refractivity contribution < 1.29 is 18.7 Å². The van der Waals surface area contributed by atoms with Crippen LogP contribution in [-0.2, 0) is 11.3 Å². The molecule has 0 saturated carbocycles. The van der Waals surface area contributed by atoms with Gasteiger partial charge in [0.2, 0.25) is 0 Å². The van der Waals surface area contributed by atoms with Crippen LogP contribution in [-0.4, -0.2) is 46.4 Å². The molecule has 3 rings (SSSR count). The van der Waals surface area contributed by atoms with Crippen LogP contribution in [0.25, 0.3) is 0 Å². The number of carbonyl (C=O) groups is 1. The van der Waals surface area contributed by atoms with E-state index < -0.39 is 5.82 Å². The van der Waals surface area contributed by atoms with E-state index in [1.807, 2.05) is 18.2 Å². The fourth-order valence-corrected chi connectivity index (χ4v) is 3.07. The van der Waals surface area contributed by atoms with Gasteiger partial charge >= 0.3 is 0 Å². The van der Waals surface area contributed by atoms with Crippen LogP contribution in [0.15, 0.2) is 36.4 Å². The smallest absolute Gasteiger partial charge is 0.253 e. The number of nitrogens with zero attached hydrogens (tertiary/aromatic N) is 1. The predicted molar refractivity (Wildman–Crippen MR) is 103 cm³/mol. The highest BCUT2D eigenvalue weighted by atomic mass is 19.1. The zero-order valence-electron chi connectivity index (χ0n) is 15.5. The second kappa shape index (κ2) is 8.73. The third kappa shape index (κ3) is 4.49. The quantitative estimate of drug-likeness (QED) is 0.815. The number of nitrogens with one attached hydrogen (secondary N) is 2. The molecule has 0 aromatic heterocycles. The minimum Gasteiger partial charge on any atom is -0.494 e. The van der Waals surface area contributed by atoms with Gasteiger partial charge in [-0.3, -0.25) is 4.79 Å². The summed E-state index contributed by atoms with van der Waals surface area (Å²) in [7, 11) is 3.05. The average Bonchev–Trinajstić information content (AvgIpc) is 2.72. The standard InChI is InChI=1S/C20H24FN3O3/c1-22-20(25)16-12-15(4-5-18(16)24-7-9-27-10-8-24)23-13-14-3-6-19(26-2)17(21)11-14/h3-6,11-12,23H,7-10,13H2,1-2H3,(H,22,25). The molecule has 1 saturated heterocycles. The first-order valence-electron chi connectivity index (χ1n) is 8.87. The molecule has 0 bridgehead atoms. The second-order valence-electron chi connectivity index (χ2n) is 6.23. The molecular formula is C20H24FN3O3. The van der Waals surface area contributed by atoms with E-state index in [0.717, 1.165) is 30.0 Å². The van der Waals surface area contributed by atoms with Crippen LogP contribution >= 0.6 is 0 Å². The number of amides is 1. The maximum absolute atomic E-state index is 13.8. The Kier molecular flexibility index (Phi) is 6.13. The normalized spacial score (nSPS) is 14.0. The van der Waals surface area contributed by atoms with Crippen molar-refractivity contribution in [3.05, 3.63) is 53.3 Å². The minimum atomic E-state index is -0.398. The van der Waals surface area contributed by atoms with Crippen LogP contribution in [0, 0.1) is 5.82 Å². The monoisotopic (exact) mass is 373 g/mol. The fourth-order valence-electron chi connectivity index (χ4n) is 3.07. The number of ether oxygens (including phenoxy) is 2. The van der Waals surface area contributed by atoms with E-state index in [9.17, 15) is 9.18 Å². The largest absolute Gasteiger partial charge is 0.494 e. The number of rotatable bonds is 6. The lowest BCUT2D eigenvalue weighted by Gasteiger charge is -2.30. The van der Waals surface area contributed by atoms with Crippen molar-refractivity contribution in [2.45, 2.75) is 6.54 Å². The van der Waals surface area contributed by atoms with Gasteiger partial charge in [0.1, 0.15) is 0 Å². The van der Waals surface area contributed by atoms with Gasteiger partial charge in [-0.05, 0) is 35.9 Å². The highest BCUT2D eigenvalue weighted by Crippen LogP contribution is 2.26. The number of halogens is 1. The van der Waals surface area contributed by atoms with E-state index >= 15 is 0 Å². The van der Waals surface area contributed by atoms with Crippen molar-refractivity contribution in [3.63, 3.8) is 0 Å². The SMILES string of the molecule is CNC(=O)c1cc(NCc2ccc(OC)c(F)c2)ccc1N1CCOCC1. The molecule has 1 heterocycles. The van der Waals surface area contributed by atoms with Crippen molar-refractivity contribution in [2.24, 2.45) is 0 Å². The number of carbonyl (C=O) groups excluding carboxylic acids is 1. The molecule has 1 amide bonds. The fraction of sp³-hybridized carbons (Fsp3) is 0.350. The first kappa shape index (κ1) is 19.0. The van der Waals surface area contributed by atoms with Crippen LogP contribution in [0.5, 0.6) is 5.75 Å². The zero-order valence-corrected chi connectivity index (χ0v) is 15.5. The molecule has 1 fully saturated rings. The molecule has 0 radical (unpaired) electrons. The van der Waals surface area contributed by atoms with Crippen LogP contribution in [0.4, 0.5) is 15.8 Å². The summed E-state index contributed by atoms with van der Waals surface area (Å²) in [5.74, 6) is -0.323. The van der Waals surface area contributed by atoms with Crippen molar-refractivity contribution >= 4 is 17.3 Å². The van der Waals surface area contributed by atoms with Gasteiger partial charge in [0.15, 0.2) is 11.6 Å². The topological polar surface area (TPSA) is 62.8 Å². The number of morpholine rings is 1.